The maximum Gasteiger partial charge on any atom is 0.407 e. The van der Waals surface area contributed by atoms with Crippen molar-refractivity contribution in [3.05, 3.63) is 119 Å². The molecule has 12 heteroatoms. The number of Topliss-reactive ketones (excluding diaryl/α,β-unsaturated/α-hetero) is 2. The topological polar surface area (TPSA) is 147 Å². The first-order valence-corrected chi connectivity index (χ1v) is 24.0. The van der Waals surface area contributed by atoms with Gasteiger partial charge in [0.1, 0.15) is 12.1 Å². The Bertz CT molecular complexity index is 2500. The van der Waals surface area contributed by atoms with E-state index in [0.29, 0.717) is 49.9 Å². The molecule has 4 atom stereocenters. The molecule has 0 aliphatic carbocycles. The Morgan fingerprint density at radius 2 is 1.06 bits per heavy atom. The quantitative estimate of drug-likeness (QED) is 0.0699. The molecule has 4 amide bonds. The Labute approximate surface area is 388 Å². The highest BCUT2D eigenvalue weighted by Gasteiger charge is 2.39. The summed E-state index contributed by atoms with van der Waals surface area (Å²) in [5.74, 6) is -1.02. The lowest BCUT2D eigenvalue weighted by molar-refractivity contribution is -0.140. The average Bonchev–Trinajstić information content (AvgIpc) is 4.10. The van der Waals surface area contributed by atoms with E-state index in [1.165, 1.54) is 52.6 Å². The fourth-order valence-corrected chi connectivity index (χ4v) is 10.00. The van der Waals surface area contributed by atoms with Gasteiger partial charge in [0.25, 0.3) is 5.91 Å². The number of aryl methyl sites for hydroxylation is 1. The van der Waals surface area contributed by atoms with Crippen LogP contribution in [0.4, 0.5) is 4.79 Å². The number of benzene rings is 4. The molecule has 0 radical (unpaired) electrons. The van der Waals surface area contributed by atoms with E-state index in [1.54, 1.807) is 34.1 Å². The first-order valence-electron chi connectivity index (χ1n) is 24.0. The third-order valence-electron chi connectivity index (χ3n) is 13.4. The standard InChI is InChI=1S/C54H65N5O7/c1-4-5-6-7-8-9-10-17-30-57-46-33-38(35-48(61)44-24-18-31-58(44)52(63)50(55-37(2)60)40-20-13-11-14-21-40)26-28-42(46)43-29-27-39(34-47(43)57)36-49(62)45-25-19-32-59(45)53(64)51(56-54(65)66-3)41-22-15-12-16-23-41/h11-16,20-23,26-29,33-34,44-45,50-51H,4-10,17-19,24-25,30-32,35-36H2,1-3H3,(H,55,60)(H,56,65)/t44-,45-,50+,51+/m0/s1. The Morgan fingerprint density at radius 3 is 1.52 bits per heavy atom. The van der Waals surface area contributed by atoms with E-state index in [0.717, 1.165) is 52.3 Å². The molecule has 0 spiro atoms. The van der Waals surface area contributed by atoms with Crippen LogP contribution < -0.4 is 10.6 Å². The Morgan fingerprint density at radius 1 is 0.606 bits per heavy atom. The highest BCUT2D eigenvalue weighted by atomic mass is 16.5. The summed E-state index contributed by atoms with van der Waals surface area (Å²) in [6.45, 7) is 5.27. The molecule has 66 heavy (non-hydrogen) atoms. The summed E-state index contributed by atoms with van der Waals surface area (Å²) >= 11 is 0. The van der Waals surface area contributed by atoms with E-state index < -0.39 is 30.3 Å². The summed E-state index contributed by atoms with van der Waals surface area (Å²) in [4.78, 5) is 84.3. The van der Waals surface area contributed by atoms with Crippen molar-refractivity contribution in [2.45, 2.75) is 134 Å². The largest absolute Gasteiger partial charge is 0.453 e. The van der Waals surface area contributed by atoms with Gasteiger partial charge in [-0.1, -0.05) is 137 Å². The molecule has 4 aromatic carbocycles. The third-order valence-corrected chi connectivity index (χ3v) is 13.4. The molecule has 2 saturated heterocycles. The molecular formula is C54H65N5O7. The smallest absolute Gasteiger partial charge is 0.407 e. The molecule has 2 aliphatic rings. The number of likely N-dealkylation sites (tertiary alicyclic amines) is 2. The average molecular weight is 896 g/mol. The second-order valence-corrected chi connectivity index (χ2v) is 18.0. The number of carbonyl (C=O) groups is 6. The van der Waals surface area contributed by atoms with Crippen molar-refractivity contribution in [1.82, 2.24) is 25.0 Å². The van der Waals surface area contributed by atoms with Crippen LogP contribution in [0.2, 0.25) is 0 Å². The van der Waals surface area contributed by atoms with Crippen molar-refractivity contribution in [2.75, 3.05) is 20.2 Å². The molecule has 2 aliphatic heterocycles. The van der Waals surface area contributed by atoms with Crippen molar-refractivity contribution in [3.63, 3.8) is 0 Å². The number of hydrogen-bond acceptors (Lipinski definition) is 7. The van der Waals surface area contributed by atoms with Crippen LogP contribution in [-0.2, 0) is 48.1 Å². The molecule has 3 heterocycles. The number of ketones is 2. The third kappa shape index (κ3) is 11.4. The Hall–Kier alpha value is -6.30. The number of nitrogens with one attached hydrogen (secondary N) is 2. The molecule has 0 bridgehead atoms. The zero-order chi connectivity index (χ0) is 46.6. The molecule has 2 N–H and O–H groups in total. The van der Waals surface area contributed by atoms with Crippen LogP contribution >= 0.6 is 0 Å². The minimum absolute atomic E-state index is 0.0306. The van der Waals surface area contributed by atoms with Crippen LogP contribution in [0.25, 0.3) is 21.8 Å². The van der Waals surface area contributed by atoms with Gasteiger partial charge in [0, 0.05) is 61.2 Å². The zero-order valence-corrected chi connectivity index (χ0v) is 38.8. The number of amides is 4. The van der Waals surface area contributed by atoms with Crippen molar-refractivity contribution in [1.29, 1.82) is 0 Å². The maximum atomic E-state index is 14.2. The molecule has 12 nitrogen and oxygen atoms in total. The normalized spacial score (nSPS) is 16.9. The minimum Gasteiger partial charge on any atom is -0.453 e. The molecule has 7 rings (SSSR count). The van der Waals surface area contributed by atoms with Gasteiger partial charge in [0.15, 0.2) is 11.6 Å². The second-order valence-electron chi connectivity index (χ2n) is 18.0. The molecule has 0 saturated carbocycles. The van der Waals surface area contributed by atoms with E-state index in [9.17, 15) is 28.8 Å². The molecule has 348 valence electrons. The predicted octanol–water partition coefficient (Wildman–Crippen LogP) is 9.12. The molecular weight excluding hydrogens is 831 g/mol. The van der Waals surface area contributed by atoms with Crippen LogP contribution in [0.1, 0.15) is 125 Å². The molecule has 0 unspecified atom stereocenters. The highest BCUT2D eigenvalue weighted by Crippen LogP contribution is 2.33. The number of hydrogen-bond donors (Lipinski definition) is 2. The summed E-state index contributed by atoms with van der Waals surface area (Å²) in [5, 5.41) is 7.62. The number of alkyl carbamates (subject to hydrolysis) is 1. The van der Waals surface area contributed by atoms with Crippen LogP contribution in [0.3, 0.4) is 0 Å². The van der Waals surface area contributed by atoms with E-state index in [4.69, 9.17) is 4.74 Å². The van der Waals surface area contributed by atoms with Crippen LogP contribution in [0.15, 0.2) is 97.1 Å². The Kier molecular flexibility index (Phi) is 16.4. The molecule has 2 fully saturated rings. The fraction of sp³-hybridized carbons (Fsp3) is 0.444. The van der Waals surface area contributed by atoms with Gasteiger partial charge in [-0.3, -0.25) is 24.0 Å². The first kappa shape index (κ1) is 47.7. The van der Waals surface area contributed by atoms with Gasteiger partial charge in [0.05, 0.1) is 19.2 Å². The number of unbranched alkanes of at least 4 members (excludes halogenated alkanes) is 7. The lowest BCUT2D eigenvalue weighted by Gasteiger charge is -2.28. The SMILES string of the molecule is CCCCCCCCCCn1c2cc(CC(=O)[C@@H]3CCCN3C(=O)[C@H](NC(C)=O)c3ccccc3)ccc2c2ccc(CC(=O)[C@@H]3CCCN3C(=O)[C@H](NC(=O)OC)c3ccccc3)cc21. The summed E-state index contributed by atoms with van der Waals surface area (Å²) in [7, 11) is 1.26. The van der Waals surface area contributed by atoms with Gasteiger partial charge in [-0.15, -0.1) is 0 Å². The van der Waals surface area contributed by atoms with Gasteiger partial charge in [0.2, 0.25) is 11.8 Å². The fourth-order valence-electron chi connectivity index (χ4n) is 10.00. The number of carbonyl (C=O) groups excluding carboxylic acids is 6. The zero-order valence-electron chi connectivity index (χ0n) is 38.8. The second kappa shape index (κ2) is 22.7. The monoisotopic (exact) mass is 895 g/mol. The number of aromatic nitrogens is 1. The van der Waals surface area contributed by atoms with Crippen molar-refractivity contribution >= 4 is 57.2 Å². The molecule has 1 aromatic heterocycles. The Balaban J connectivity index is 1.12. The van der Waals surface area contributed by atoms with Gasteiger partial charge in [-0.05, 0) is 66.5 Å². The van der Waals surface area contributed by atoms with E-state index >= 15 is 0 Å². The maximum absolute atomic E-state index is 14.2. The van der Waals surface area contributed by atoms with Gasteiger partial charge in [-0.2, -0.15) is 0 Å². The van der Waals surface area contributed by atoms with E-state index in [2.05, 4.69) is 46.4 Å². The van der Waals surface area contributed by atoms with Gasteiger partial charge >= 0.3 is 6.09 Å². The van der Waals surface area contributed by atoms with Crippen LogP contribution in [0, 0.1) is 0 Å². The van der Waals surface area contributed by atoms with E-state index in [1.807, 2.05) is 48.5 Å². The van der Waals surface area contributed by atoms with Crippen LogP contribution in [0.5, 0.6) is 0 Å². The number of methoxy groups -OCH3 is 1. The molecule has 5 aromatic rings. The van der Waals surface area contributed by atoms with Gasteiger partial charge in [-0.25, -0.2) is 4.79 Å². The van der Waals surface area contributed by atoms with Gasteiger partial charge < -0.3 is 29.7 Å². The summed E-state index contributed by atoms with van der Waals surface area (Å²) in [6, 6.07) is 27.5. The van der Waals surface area contributed by atoms with Crippen molar-refractivity contribution in [2.24, 2.45) is 0 Å². The first-order chi connectivity index (χ1) is 32.1. The highest BCUT2D eigenvalue weighted by molar-refractivity contribution is 6.09. The van der Waals surface area contributed by atoms with Crippen LogP contribution in [-0.4, -0.2) is 82.0 Å². The number of nitrogens with zero attached hydrogens (tertiary/aromatic N) is 3. The predicted molar refractivity (Wildman–Crippen MR) is 257 cm³/mol. The number of ether oxygens (including phenoxy) is 1. The number of rotatable bonds is 21. The van der Waals surface area contributed by atoms with E-state index in [-0.39, 0.29) is 42.1 Å². The van der Waals surface area contributed by atoms with Crippen molar-refractivity contribution in [3.8, 4) is 0 Å². The summed E-state index contributed by atoms with van der Waals surface area (Å²) in [6.07, 6.45) is 11.6. The summed E-state index contributed by atoms with van der Waals surface area (Å²) < 4.78 is 7.18. The number of fused-ring (bicyclic) bond motifs is 3. The minimum atomic E-state index is -0.989. The summed E-state index contributed by atoms with van der Waals surface area (Å²) in [5.41, 5.74) is 5.05. The van der Waals surface area contributed by atoms with Crippen molar-refractivity contribution < 1.29 is 33.5 Å². The lowest BCUT2D eigenvalue weighted by atomic mass is 9.98. The lowest BCUT2D eigenvalue weighted by Crippen LogP contribution is -2.47.